The highest BCUT2D eigenvalue weighted by Gasteiger charge is 2.30. The highest BCUT2D eigenvalue weighted by molar-refractivity contribution is 5.85. The van der Waals surface area contributed by atoms with E-state index in [-0.39, 0.29) is 18.3 Å². The number of amides is 1. The first-order valence-electron chi connectivity index (χ1n) is 7.39. The van der Waals surface area contributed by atoms with Crippen LogP contribution in [0.2, 0.25) is 0 Å². The topological polar surface area (TPSA) is 55.1 Å². The molecule has 0 heterocycles. The molecule has 0 aliphatic heterocycles. The van der Waals surface area contributed by atoms with Crippen LogP contribution in [0.1, 0.15) is 29.9 Å². The van der Waals surface area contributed by atoms with Gasteiger partial charge in [0.1, 0.15) is 0 Å². The number of anilines is 1. The summed E-state index contributed by atoms with van der Waals surface area (Å²) in [6, 6.07) is 18.3. The summed E-state index contributed by atoms with van der Waals surface area (Å²) in [5.41, 5.74) is 8.74. The van der Waals surface area contributed by atoms with Crippen molar-refractivity contribution < 1.29 is 4.79 Å². The van der Waals surface area contributed by atoms with E-state index < -0.39 is 0 Å². The van der Waals surface area contributed by atoms with Gasteiger partial charge in [0.15, 0.2) is 0 Å². The molecule has 1 aliphatic carbocycles. The minimum absolute atomic E-state index is 0. The third-order valence-corrected chi connectivity index (χ3v) is 4.12. The average molecular weight is 317 g/mol. The van der Waals surface area contributed by atoms with Crippen LogP contribution in [0.5, 0.6) is 0 Å². The SMILES string of the molecule is Cl.Nc1ccc(CC(=O)NC2CC(c3ccccc3)C2)cc1. The minimum Gasteiger partial charge on any atom is -0.399 e. The molecule has 2 aromatic rings. The van der Waals surface area contributed by atoms with Crippen LogP contribution in [0.15, 0.2) is 54.6 Å². The summed E-state index contributed by atoms with van der Waals surface area (Å²) in [7, 11) is 0. The van der Waals surface area contributed by atoms with Crippen LogP contribution < -0.4 is 11.1 Å². The predicted octanol–water partition coefficient (Wildman–Crippen LogP) is 3.30. The normalized spacial score (nSPS) is 19.6. The van der Waals surface area contributed by atoms with Crippen LogP contribution in [0.4, 0.5) is 5.69 Å². The van der Waals surface area contributed by atoms with Gasteiger partial charge in [-0.25, -0.2) is 0 Å². The molecule has 3 rings (SSSR count). The molecule has 0 spiro atoms. The van der Waals surface area contributed by atoms with Crippen molar-refractivity contribution in [1.82, 2.24) is 5.32 Å². The predicted molar refractivity (Wildman–Crippen MR) is 92.2 cm³/mol. The number of nitrogens with one attached hydrogen (secondary N) is 1. The van der Waals surface area contributed by atoms with Crippen LogP contribution >= 0.6 is 12.4 Å². The molecule has 22 heavy (non-hydrogen) atoms. The van der Waals surface area contributed by atoms with Crippen LogP contribution in [-0.2, 0) is 11.2 Å². The number of benzene rings is 2. The Bertz CT molecular complexity index is 607. The molecule has 1 amide bonds. The van der Waals surface area contributed by atoms with E-state index in [0.717, 1.165) is 24.1 Å². The molecule has 116 valence electrons. The first-order valence-corrected chi connectivity index (χ1v) is 7.39. The Kier molecular flexibility index (Phi) is 5.45. The average Bonchev–Trinajstić information content (AvgIpc) is 2.46. The molecule has 4 heteroatoms. The quantitative estimate of drug-likeness (QED) is 0.850. The maximum absolute atomic E-state index is 12.0. The van der Waals surface area contributed by atoms with Gasteiger partial charge in [0, 0.05) is 11.7 Å². The van der Waals surface area contributed by atoms with Crippen molar-refractivity contribution in [3.05, 3.63) is 65.7 Å². The Morgan fingerprint density at radius 1 is 1.05 bits per heavy atom. The van der Waals surface area contributed by atoms with E-state index in [1.165, 1.54) is 5.56 Å². The van der Waals surface area contributed by atoms with E-state index in [9.17, 15) is 4.79 Å². The first-order chi connectivity index (χ1) is 10.2. The summed E-state index contributed by atoms with van der Waals surface area (Å²) in [5, 5.41) is 3.11. The van der Waals surface area contributed by atoms with Gasteiger partial charge in [-0.2, -0.15) is 0 Å². The maximum Gasteiger partial charge on any atom is 0.224 e. The van der Waals surface area contributed by atoms with Gasteiger partial charge in [-0.3, -0.25) is 4.79 Å². The summed E-state index contributed by atoms with van der Waals surface area (Å²) in [6.45, 7) is 0. The van der Waals surface area contributed by atoms with Gasteiger partial charge >= 0.3 is 0 Å². The van der Waals surface area contributed by atoms with E-state index in [1.807, 2.05) is 30.3 Å². The Balaban J connectivity index is 0.00000176. The molecule has 0 bridgehead atoms. The van der Waals surface area contributed by atoms with Gasteiger partial charge in [-0.05, 0) is 42.0 Å². The van der Waals surface area contributed by atoms with Crippen LogP contribution in [-0.4, -0.2) is 11.9 Å². The smallest absolute Gasteiger partial charge is 0.224 e. The van der Waals surface area contributed by atoms with Crippen LogP contribution in [0.25, 0.3) is 0 Å². The van der Waals surface area contributed by atoms with Gasteiger partial charge in [0.25, 0.3) is 0 Å². The summed E-state index contributed by atoms with van der Waals surface area (Å²) in [4.78, 5) is 12.0. The lowest BCUT2D eigenvalue weighted by molar-refractivity contribution is -0.121. The Labute approximate surface area is 137 Å². The van der Waals surface area contributed by atoms with Gasteiger partial charge < -0.3 is 11.1 Å². The second-order valence-corrected chi connectivity index (χ2v) is 5.76. The molecule has 1 aliphatic rings. The Hall–Kier alpha value is -2.00. The molecule has 0 atom stereocenters. The number of hydrogen-bond donors (Lipinski definition) is 2. The van der Waals surface area contributed by atoms with Crippen molar-refractivity contribution in [1.29, 1.82) is 0 Å². The molecule has 3 N–H and O–H groups in total. The molecular weight excluding hydrogens is 296 g/mol. The van der Waals surface area contributed by atoms with Crippen LogP contribution in [0.3, 0.4) is 0 Å². The molecule has 2 aromatic carbocycles. The van der Waals surface area contributed by atoms with Gasteiger partial charge in [-0.1, -0.05) is 42.5 Å². The van der Waals surface area contributed by atoms with Crippen molar-refractivity contribution in [3.63, 3.8) is 0 Å². The monoisotopic (exact) mass is 316 g/mol. The molecule has 0 unspecified atom stereocenters. The van der Waals surface area contributed by atoms with Gasteiger partial charge in [-0.15, -0.1) is 12.4 Å². The summed E-state index contributed by atoms with van der Waals surface area (Å²) < 4.78 is 0. The highest BCUT2D eigenvalue weighted by atomic mass is 35.5. The molecule has 1 fully saturated rings. The summed E-state index contributed by atoms with van der Waals surface area (Å²) >= 11 is 0. The van der Waals surface area contributed by atoms with E-state index in [2.05, 4.69) is 29.6 Å². The third kappa shape index (κ3) is 4.01. The van der Waals surface area contributed by atoms with E-state index >= 15 is 0 Å². The van der Waals surface area contributed by atoms with Crippen molar-refractivity contribution in [2.45, 2.75) is 31.2 Å². The van der Waals surface area contributed by atoms with E-state index in [0.29, 0.717) is 18.4 Å². The van der Waals surface area contributed by atoms with Crippen LogP contribution in [0, 0.1) is 0 Å². The Morgan fingerprint density at radius 3 is 2.32 bits per heavy atom. The third-order valence-electron chi connectivity index (χ3n) is 4.12. The van der Waals surface area contributed by atoms with Crippen molar-refractivity contribution in [2.75, 3.05) is 5.73 Å². The second-order valence-electron chi connectivity index (χ2n) is 5.76. The highest BCUT2D eigenvalue weighted by Crippen LogP contribution is 2.36. The largest absolute Gasteiger partial charge is 0.399 e. The second kappa shape index (κ2) is 7.32. The van der Waals surface area contributed by atoms with E-state index in [4.69, 9.17) is 5.73 Å². The molecule has 0 aromatic heterocycles. The van der Waals surface area contributed by atoms with E-state index in [1.54, 1.807) is 0 Å². The molecular formula is C18H21ClN2O. The molecule has 0 radical (unpaired) electrons. The fourth-order valence-electron chi connectivity index (χ4n) is 2.83. The number of nitrogens with two attached hydrogens (primary N) is 1. The van der Waals surface area contributed by atoms with Crippen molar-refractivity contribution in [2.24, 2.45) is 0 Å². The number of hydrogen-bond acceptors (Lipinski definition) is 2. The first kappa shape index (κ1) is 16.4. The fourth-order valence-corrected chi connectivity index (χ4v) is 2.83. The molecule has 3 nitrogen and oxygen atoms in total. The maximum atomic E-state index is 12.0. The standard InChI is InChI=1S/C18H20N2O.ClH/c19-16-8-6-13(7-9-16)10-18(21)20-17-11-15(12-17)14-4-2-1-3-5-14;/h1-9,15,17H,10-12,19H2,(H,20,21);1H. The summed E-state index contributed by atoms with van der Waals surface area (Å²) in [5.74, 6) is 0.685. The number of rotatable bonds is 4. The van der Waals surface area contributed by atoms with Gasteiger partial charge in [0.2, 0.25) is 5.91 Å². The zero-order valence-corrected chi connectivity index (χ0v) is 13.2. The molecule has 1 saturated carbocycles. The lowest BCUT2D eigenvalue weighted by Gasteiger charge is -2.36. The Morgan fingerprint density at radius 2 is 1.68 bits per heavy atom. The van der Waals surface area contributed by atoms with Gasteiger partial charge in [0.05, 0.1) is 6.42 Å². The zero-order valence-electron chi connectivity index (χ0n) is 12.4. The number of nitrogen functional groups attached to an aromatic ring is 1. The lowest BCUT2D eigenvalue weighted by atomic mass is 9.76. The zero-order chi connectivity index (χ0) is 14.7. The van der Waals surface area contributed by atoms with Crippen molar-refractivity contribution >= 4 is 24.0 Å². The van der Waals surface area contributed by atoms with Crippen molar-refractivity contribution in [3.8, 4) is 0 Å². The summed E-state index contributed by atoms with van der Waals surface area (Å²) in [6.07, 6.45) is 2.50. The lowest BCUT2D eigenvalue weighted by Crippen LogP contribution is -2.43. The number of halogens is 1. The number of carbonyl (C=O) groups is 1. The number of carbonyl (C=O) groups excluding carboxylic acids is 1. The minimum atomic E-state index is 0. The molecule has 0 saturated heterocycles. The fraction of sp³-hybridized carbons (Fsp3) is 0.278.